The molecule has 19 heavy (non-hydrogen) atoms. The van der Waals surface area contributed by atoms with Crippen LogP contribution in [0.3, 0.4) is 0 Å². The van der Waals surface area contributed by atoms with Crippen LogP contribution in [-0.2, 0) is 9.53 Å². The number of rotatable bonds is 3. The molecule has 1 saturated heterocycles. The minimum absolute atomic E-state index is 0. The highest BCUT2D eigenvalue weighted by atomic mass is 79.9. The molecule has 1 heterocycles. The number of nitrogens with one attached hydrogen (secondary N) is 2. The second-order valence-corrected chi connectivity index (χ2v) is 5.17. The van der Waals surface area contributed by atoms with Crippen molar-refractivity contribution in [1.29, 1.82) is 0 Å². The largest absolute Gasteiger partial charge is 0.366 e. The minimum atomic E-state index is -0.385. The highest BCUT2D eigenvalue weighted by Crippen LogP contribution is 2.22. The van der Waals surface area contributed by atoms with Gasteiger partial charge in [0.15, 0.2) is 0 Å². The van der Waals surface area contributed by atoms with Gasteiger partial charge in [0.2, 0.25) is 0 Å². The van der Waals surface area contributed by atoms with E-state index < -0.39 is 0 Å². The Labute approximate surface area is 127 Å². The monoisotopic (exact) mass is 348 g/mol. The summed E-state index contributed by atoms with van der Waals surface area (Å²) in [6.45, 7) is 3.94. The lowest BCUT2D eigenvalue weighted by Gasteiger charge is -2.25. The molecule has 0 radical (unpaired) electrons. The van der Waals surface area contributed by atoms with E-state index in [1.807, 2.05) is 31.2 Å². The Bertz CT molecular complexity index is 425. The zero-order chi connectivity index (χ0) is 13.0. The zero-order valence-electron chi connectivity index (χ0n) is 10.7. The summed E-state index contributed by atoms with van der Waals surface area (Å²) in [5.41, 5.74) is 1.06. The Morgan fingerprint density at radius 2 is 2.26 bits per heavy atom. The van der Waals surface area contributed by atoms with Crippen LogP contribution in [0.4, 0.5) is 0 Å². The molecule has 1 fully saturated rings. The highest BCUT2D eigenvalue weighted by Gasteiger charge is 2.23. The van der Waals surface area contributed by atoms with E-state index in [0.717, 1.165) is 16.6 Å². The van der Waals surface area contributed by atoms with Crippen molar-refractivity contribution in [1.82, 2.24) is 10.6 Å². The van der Waals surface area contributed by atoms with E-state index in [1.165, 1.54) is 0 Å². The Kier molecular flexibility index (Phi) is 6.79. The Balaban J connectivity index is 0.00000180. The third kappa shape index (κ3) is 4.45. The number of ether oxygens (including phenoxy) is 1. The molecule has 1 aromatic carbocycles. The number of amides is 1. The van der Waals surface area contributed by atoms with Crippen molar-refractivity contribution < 1.29 is 9.53 Å². The van der Waals surface area contributed by atoms with E-state index in [-0.39, 0.29) is 30.5 Å². The van der Waals surface area contributed by atoms with E-state index >= 15 is 0 Å². The number of hydrogen-bond donors (Lipinski definition) is 2. The zero-order valence-corrected chi connectivity index (χ0v) is 13.1. The predicted molar refractivity (Wildman–Crippen MR) is 80.6 cm³/mol. The van der Waals surface area contributed by atoms with Crippen LogP contribution >= 0.6 is 28.3 Å². The first-order valence-corrected chi connectivity index (χ1v) is 6.85. The number of benzene rings is 1. The van der Waals surface area contributed by atoms with Crippen molar-refractivity contribution in [3.8, 4) is 0 Å². The van der Waals surface area contributed by atoms with Gasteiger partial charge in [0.25, 0.3) is 5.91 Å². The van der Waals surface area contributed by atoms with Gasteiger partial charge in [-0.25, -0.2) is 0 Å². The van der Waals surface area contributed by atoms with Gasteiger partial charge in [-0.2, -0.15) is 0 Å². The van der Waals surface area contributed by atoms with E-state index in [9.17, 15) is 4.79 Å². The van der Waals surface area contributed by atoms with E-state index in [4.69, 9.17) is 4.74 Å². The quantitative estimate of drug-likeness (QED) is 0.878. The smallest absolute Gasteiger partial charge is 0.250 e. The first kappa shape index (κ1) is 16.4. The maximum Gasteiger partial charge on any atom is 0.250 e. The van der Waals surface area contributed by atoms with Crippen LogP contribution in [0, 0.1) is 0 Å². The lowest BCUT2D eigenvalue weighted by Crippen LogP contribution is -2.48. The number of morpholine rings is 1. The SMILES string of the molecule is CC(NC(=O)C1CNCCO1)c1ccccc1Br.Cl. The summed E-state index contributed by atoms with van der Waals surface area (Å²) in [7, 11) is 0. The van der Waals surface area contributed by atoms with Gasteiger partial charge in [-0.15, -0.1) is 12.4 Å². The summed E-state index contributed by atoms with van der Waals surface area (Å²) in [4.78, 5) is 12.0. The van der Waals surface area contributed by atoms with E-state index in [1.54, 1.807) is 0 Å². The first-order chi connectivity index (χ1) is 8.68. The number of carbonyl (C=O) groups is 1. The lowest BCUT2D eigenvalue weighted by molar-refractivity contribution is -0.134. The van der Waals surface area contributed by atoms with Gasteiger partial charge < -0.3 is 15.4 Å². The molecular weight excluding hydrogens is 332 g/mol. The van der Waals surface area contributed by atoms with Crippen LogP contribution in [0.1, 0.15) is 18.5 Å². The second kappa shape index (κ2) is 7.85. The number of hydrogen-bond acceptors (Lipinski definition) is 3. The van der Waals surface area contributed by atoms with Crippen molar-refractivity contribution in [3.63, 3.8) is 0 Å². The first-order valence-electron chi connectivity index (χ1n) is 6.05. The van der Waals surface area contributed by atoms with Crippen LogP contribution in [0.15, 0.2) is 28.7 Å². The summed E-state index contributed by atoms with van der Waals surface area (Å²) in [6.07, 6.45) is -0.385. The normalized spacial score (nSPS) is 20.2. The second-order valence-electron chi connectivity index (χ2n) is 4.32. The molecule has 106 valence electrons. The Hall–Kier alpha value is -0.620. The van der Waals surface area contributed by atoms with Crippen LogP contribution in [0.2, 0.25) is 0 Å². The highest BCUT2D eigenvalue weighted by molar-refractivity contribution is 9.10. The molecule has 4 nitrogen and oxygen atoms in total. The van der Waals surface area contributed by atoms with Crippen LogP contribution in [-0.4, -0.2) is 31.7 Å². The van der Waals surface area contributed by atoms with Crippen LogP contribution < -0.4 is 10.6 Å². The Morgan fingerprint density at radius 1 is 1.53 bits per heavy atom. The van der Waals surface area contributed by atoms with Gasteiger partial charge in [0.1, 0.15) is 6.10 Å². The molecule has 1 aliphatic heterocycles. The topological polar surface area (TPSA) is 50.4 Å². The van der Waals surface area contributed by atoms with Gasteiger partial charge in [0.05, 0.1) is 12.6 Å². The minimum Gasteiger partial charge on any atom is -0.366 e. The maximum absolute atomic E-state index is 12.0. The van der Waals surface area contributed by atoms with Crippen molar-refractivity contribution in [2.75, 3.05) is 19.7 Å². The average Bonchev–Trinajstić information content (AvgIpc) is 2.40. The average molecular weight is 350 g/mol. The Morgan fingerprint density at radius 3 is 2.89 bits per heavy atom. The molecule has 1 amide bonds. The maximum atomic E-state index is 12.0. The predicted octanol–water partition coefficient (Wildman–Crippen LogP) is 2.04. The summed E-state index contributed by atoms with van der Waals surface area (Å²) < 4.78 is 6.42. The molecule has 2 rings (SSSR count). The van der Waals surface area contributed by atoms with Gasteiger partial charge in [-0.1, -0.05) is 34.1 Å². The number of carbonyl (C=O) groups excluding carboxylic acids is 1. The summed E-state index contributed by atoms with van der Waals surface area (Å²) in [6, 6.07) is 7.84. The van der Waals surface area contributed by atoms with E-state index in [2.05, 4.69) is 26.6 Å². The molecule has 2 atom stereocenters. The molecule has 0 aliphatic carbocycles. The lowest BCUT2D eigenvalue weighted by atomic mass is 10.1. The molecule has 0 bridgehead atoms. The van der Waals surface area contributed by atoms with Gasteiger partial charge in [-0.05, 0) is 18.6 Å². The molecule has 2 unspecified atom stereocenters. The van der Waals surface area contributed by atoms with Crippen LogP contribution in [0.5, 0.6) is 0 Å². The third-order valence-electron chi connectivity index (χ3n) is 2.95. The summed E-state index contributed by atoms with van der Waals surface area (Å²) in [5, 5.41) is 6.12. The van der Waals surface area contributed by atoms with Gasteiger partial charge in [0, 0.05) is 17.6 Å². The van der Waals surface area contributed by atoms with Crippen molar-refractivity contribution in [3.05, 3.63) is 34.3 Å². The standard InChI is InChI=1S/C13H17BrN2O2.ClH/c1-9(10-4-2-3-5-11(10)14)16-13(17)12-8-15-6-7-18-12;/h2-5,9,12,15H,6-8H2,1H3,(H,16,17);1H. The summed E-state index contributed by atoms with van der Waals surface area (Å²) >= 11 is 3.49. The van der Waals surface area contributed by atoms with Crippen molar-refractivity contribution >= 4 is 34.2 Å². The van der Waals surface area contributed by atoms with Gasteiger partial charge in [-0.3, -0.25) is 4.79 Å². The fraction of sp³-hybridized carbons (Fsp3) is 0.462. The molecule has 6 heteroatoms. The number of halogens is 2. The molecule has 2 N–H and O–H groups in total. The molecular formula is C13H18BrClN2O2. The molecule has 0 aromatic heterocycles. The van der Waals surface area contributed by atoms with Crippen molar-refractivity contribution in [2.24, 2.45) is 0 Å². The van der Waals surface area contributed by atoms with Gasteiger partial charge >= 0.3 is 0 Å². The fourth-order valence-corrected chi connectivity index (χ4v) is 2.57. The fourth-order valence-electron chi connectivity index (χ4n) is 1.94. The molecule has 0 saturated carbocycles. The summed E-state index contributed by atoms with van der Waals surface area (Å²) in [5.74, 6) is -0.0644. The molecule has 1 aliphatic rings. The third-order valence-corrected chi connectivity index (χ3v) is 3.67. The van der Waals surface area contributed by atoms with Crippen LogP contribution in [0.25, 0.3) is 0 Å². The van der Waals surface area contributed by atoms with E-state index in [0.29, 0.717) is 13.2 Å². The molecule has 1 aromatic rings. The molecule has 0 spiro atoms. The van der Waals surface area contributed by atoms with Crippen molar-refractivity contribution in [2.45, 2.75) is 19.1 Å².